The van der Waals surface area contributed by atoms with Crippen LogP contribution in [0.4, 0.5) is 0 Å². The molecule has 31 heavy (non-hydrogen) atoms. The Hall–Kier alpha value is 0.0600. The highest BCUT2D eigenvalue weighted by Crippen LogP contribution is 2.43. The van der Waals surface area contributed by atoms with Crippen molar-refractivity contribution in [1.82, 2.24) is 10.2 Å². The van der Waals surface area contributed by atoms with E-state index in [1.165, 1.54) is 0 Å². The average molecular weight is 505 g/mol. The van der Waals surface area contributed by atoms with Gasteiger partial charge in [-0.25, -0.2) is 4.57 Å². The topological polar surface area (TPSA) is 149 Å². The third-order valence-electron chi connectivity index (χ3n) is 5.87. The minimum Gasteiger partial charge on any atom is -0.388 e. The molecule has 9 atom stereocenters. The Balaban J connectivity index is 2.15. The van der Waals surface area contributed by atoms with E-state index in [0.717, 1.165) is 37.6 Å². The van der Waals surface area contributed by atoms with Crippen molar-refractivity contribution in [1.29, 1.82) is 0 Å². The highest BCUT2D eigenvalue weighted by Gasteiger charge is 2.51. The molecule has 0 aromatic rings. The lowest BCUT2D eigenvalue weighted by Gasteiger charge is -2.45. The maximum atomic E-state index is 13.0. The number of alkyl halides is 1. The van der Waals surface area contributed by atoms with E-state index < -0.39 is 49.1 Å². The molecule has 2 saturated heterocycles. The van der Waals surface area contributed by atoms with Gasteiger partial charge in [-0.05, 0) is 39.0 Å². The molecule has 5 N–H and O–H groups in total. The zero-order valence-corrected chi connectivity index (χ0v) is 20.6. The first-order valence-electron chi connectivity index (χ1n) is 10.3. The zero-order chi connectivity index (χ0) is 23.5. The predicted molar refractivity (Wildman–Crippen MR) is 118 cm³/mol. The van der Waals surface area contributed by atoms with Crippen LogP contribution in [0, 0.1) is 5.92 Å². The molecule has 0 aromatic carbocycles. The summed E-state index contributed by atoms with van der Waals surface area (Å²) in [6, 6.07) is -1.18. The van der Waals surface area contributed by atoms with Crippen LogP contribution in [0.3, 0.4) is 0 Å². The van der Waals surface area contributed by atoms with Crippen LogP contribution in [0.2, 0.25) is 0 Å². The average Bonchev–Trinajstić information content (AvgIpc) is 3.03. The fourth-order valence-electron chi connectivity index (χ4n) is 4.37. The first-order chi connectivity index (χ1) is 14.4. The van der Waals surface area contributed by atoms with Crippen molar-refractivity contribution in [3.05, 3.63) is 0 Å². The summed E-state index contributed by atoms with van der Waals surface area (Å²) in [5, 5.41) is 23.4. The second-order valence-corrected chi connectivity index (χ2v) is 11.1. The fraction of sp³-hybridized carbons (Fsp3) is 0.944. The summed E-state index contributed by atoms with van der Waals surface area (Å²) >= 11 is 7.38. The minimum absolute atomic E-state index is 0.238. The van der Waals surface area contributed by atoms with Gasteiger partial charge in [-0.2, -0.15) is 0 Å². The molecule has 0 bridgehead atoms. The zero-order valence-electron chi connectivity index (χ0n) is 18.1. The summed E-state index contributed by atoms with van der Waals surface area (Å²) < 4.78 is 21.7. The van der Waals surface area contributed by atoms with E-state index in [2.05, 4.69) is 16.8 Å². The van der Waals surface area contributed by atoms with Gasteiger partial charge in [-0.15, -0.1) is 23.4 Å². The van der Waals surface area contributed by atoms with E-state index in [4.69, 9.17) is 26.1 Å². The number of carbonyl (C=O) groups is 1. The number of likely N-dealkylation sites (tertiary alicyclic amines) is 1. The molecule has 1 amide bonds. The molecule has 0 saturated carbocycles. The number of phosphoric ester groups is 1. The van der Waals surface area contributed by atoms with Crippen molar-refractivity contribution in [2.24, 2.45) is 5.92 Å². The molecule has 10 nitrogen and oxygen atoms in total. The summed E-state index contributed by atoms with van der Waals surface area (Å²) in [7, 11) is -3.04. The van der Waals surface area contributed by atoms with E-state index in [0.29, 0.717) is 5.92 Å². The standard InChI is InChI=1S/C18H34ClN2O8PS/c1-5-6-10-7-11(21(3)8-10)17(24)20-12(9(2)19)15-13(22)14(23)16(18(28-15)31-4)29-30(25,26)27/h9-16,18,22-23H,5-8H2,1-4H3,(H,20,24)(H2,25,26,27)/t9-,10+,11-,12+,13+,14-,15-,16+,18+/m0/s1. The van der Waals surface area contributed by atoms with Crippen LogP contribution in [0.15, 0.2) is 0 Å². The van der Waals surface area contributed by atoms with Crippen LogP contribution in [0.5, 0.6) is 0 Å². The maximum Gasteiger partial charge on any atom is 0.470 e. The summed E-state index contributed by atoms with van der Waals surface area (Å²) in [5.41, 5.74) is -0.992. The normalized spacial score (nSPS) is 36.9. The number of thioether (sulfide) groups is 1. The molecule has 2 heterocycles. The largest absolute Gasteiger partial charge is 0.470 e. The number of aliphatic hydroxyl groups is 2. The van der Waals surface area contributed by atoms with Crippen molar-refractivity contribution < 1.29 is 38.6 Å². The Morgan fingerprint density at radius 1 is 1.39 bits per heavy atom. The van der Waals surface area contributed by atoms with E-state index in [1.807, 2.05) is 11.9 Å². The number of hydrogen-bond acceptors (Lipinski definition) is 8. The van der Waals surface area contributed by atoms with Crippen LogP contribution in [-0.2, 0) is 18.6 Å². The van der Waals surface area contributed by atoms with Gasteiger partial charge in [0.15, 0.2) is 0 Å². The van der Waals surface area contributed by atoms with Gasteiger partial charge in [0.05, 0.1) is 17.5 Å². The van der Waals surface area contributed by atoms with E-state index >= 15 is 0 Å². The molecule has 2 aliphatic rings. The highest BCUT2D eigenvalue weighted by molar-refractivity contribution is 7.99. The summed E-state index contributed by atoms with van der Waals surface area (Å²) in [6.45, 7) is 4.57. The van der Waals surface area contributed by atoms with Crippen molar-refractivity contribution in [2.75, 3.05) is 19.8 Å². The van der Waals surface area contributed by atoms with Crippen LogP contribution < -0.4 is 5.32 Å². The molecule has 0 aliphatic carbocycles. The molecule has 0 aromatic heterocycles. The van der Waals surface area contributed by atoms with E-state index in [-0.39, 0.29) is 11.9 Å². The number of nitrogens with zero attached hydrogens (tertiary/aromatic N) is 1. The van der Waals surface area contributed by atoms with Gasteiger partial charge in [0.25, 0.3) is 0 Å². The molecule has 2 fully saturated rings. The number of phosphoric acid groups is 1. The molecule has 0 radical (unpaired) electrons. The monoisotopic (exact) mass is 504 g/mol. The number of carbonyl (C=O) groups excluding carboxylic acids is 1. The number of likely N-dealkylation sites (N-methyl/N-ethyl adjacent to an activating group) is 1. The molecule has 182 valence electrons. The van der Waals surface area contributed by atoms with Gasteiger partial charge >= 0.3 is 7.82 Å². The van der Waals surface area contributed by atoms with Gasteiger partial charge in [0.1, 0.15) is 29.9 Å². The van der Waals surface area contributed by atoms with Crippen molar-refractivity contribution in [3.8, 4) is 0 Å². The quantitative estimate of drug-likeness (QED) is 0.222. The number of amides is 1. The van der Waals surface area contributed by atoms with E-state index in [1.54, 1.807) is 13.2 Å². The van der Waals surface area contributed by atoms with Gasteiger partial charge < -0.3 is 30.1 Å². The van der Waals surface area contributed by atoms with Crippen LogP contribution in [0.25, 0.3) is 0 Å². The Morgan fingerprint density at radius 2 is 2.03 bits per heavy atom. The van der Waals surface area contributed by atoms with Crippen LogP contribution in [-0.4, -0.2) is 98.0 Å². The van der Waals surface area contributed by atoms with Gasteiger partial charge in [0.2, 0.25) is 5.91 Å². The summed E-state index contributed by atoms with van der Waals surface area (Å²) in [4.78, 5) is 33.3. The van der Waals surface area contributed by atoms with Gasteiger partial charge in [-0.1, -0.05) is 13.3 Å². The first-order valence-corrected chi connectivity index (χ1v) is 13.6. The SMILES string of the molecule is CCC[C@@H]1C[C@@H](C(=O)N[C@@H]([C@@H]2O[C@H](SC)[C@H](OP(=O)(O)O)[C@@H](O)[C@H]2O)[C@H](C)Cl)N(C)C1. The molecular formula is C18H34ClN2O8PS. The Kier molecular flexibility index (Phi) is 10.1. The van der Waals surface area contributed by atoms with Gasteiger partial charge in [0, 0.05) is 6.54 Å². The Morgan fingerprint density at radius 3 is 2.55 bits per heavy atom. The first kappa shape index (κ1) is 27.3. The maximum absolute atomic E-state index is 13.0. The number of halogens is 1. The number of ether oxygens (including phenoxy) is 1. The second kappa shape index (κ2) is 11.5. The lowest BCUT2D eigenvalue weighted by molar-refractivity contribution is -0.201. The molecular weight excluding hydrogens is 471 g/mol. The lowest BCUT2D eigenvalue weighted by Crippen LogP contribution is -2.65. The summed E-state index contributed by atoms with van der Waals surface area (Å²) in [5.74, 6) is 0.195. The Labute approximate surface area is 192 Å². The van der Waals surface area contributed by atoms with Crippen molar-refractivity contribution in [2.45, 2.75) is 80.4 Å². The number of aliphatic hydroxyl groups excluding tert-OH is 2. The predicted octanol–water partition coefficient (Wildman–Crippen LogP) is 0.506. The molecule has 0 spiro atoms. The minimum atomic E-state index is -4.93. The Bertz CT molecular complexity index is 654. The van der Waals surface area contributed by atoms with E-state index in [9.17, 15) is 19.6 Å². The van der Waals surface area contributed by atoms with Crippen LogP contribution in [0.1, 0.15) is 33.1 Å². The van der Waals surface area contributed by atoms with Crippen LogP contribution >= 0.6 is 31.2 Å². The number of nitrogens with one attached hydrogen (secondary N) is 1. The fourth-order valence-corrected chi connectivity index (χ4v) is 5.93. The second-order valence-electron chi connectivity index (χ2n) is 8.30. The third kappa shape index (κ3) is 7.02. The summed E-state index contributed by atoms with van der Waals surface area (Å²) in [6.07, 6.45) is -1.37. The number of hydrogen-bond donors (Lipinski definition) is 5. The molecule has 2 rings (SSSR count). The molecule has 2 aliphatic heterocycles. The third-order valence-corrected chi connectivity index (χ3v) is 7.50. The molecule has 13 heteroatoms. The highest BCUT2D eigenvalue weighted by atomic mass is 35.5. The molecule has 0 unspecified atom stereocenters. The lowest BCUT2D eigenvalue weighted by atomic mass is 9.92. The smallest absolute Gasteiger partial charge is 0.388 e. The number of rotatable bonds is 9. The van der Waals surface area contributed by atoms with Gasteiger partial charge in [-0.3, -0.25) is 14.2 Å². The van der Waals surface area contributed by atoms with Crippen molar-refractivity contribution >= 4 is 37.1 Å². The van der Waals surface area contributed by atoms with Crippen molar-refractivity contribution in [3.63, 3.8) is 0 Å².